The SMILES string of the molecule is O=S(=O)(Cc1cccc(C(F)(F)F)c1)Cc1ccccc1F. The average molecular weight is 332 g/mol. The standard InChI is InChI=1S/C15H12F4O2S/c16-14-7-2-1-5-12(14)10-22(20,21)9-11-4-3-6-13(8-11)15(17,18)19/h1-8H,9-10H2. The minimum absolute atomic E-state index is 0.00511. The van der Waals surface area contributed by atoms with Crippen LogP contribution >= 0.6 is 0 Å². The summed E-state index contributed by atoms with van der Waals surface area (Å²) < 4.78 is 75.3. The molecule has 7 heteroatoms. The summed E-state index contributed by atoms with van der Waals surface area (Å²) in [5.41, 5.74) is -0.897. The highest BCUT2D eigenvalue weighted by atomic mass is 32.2. The van der Waals surface area contributed by atoms with Crippen molar-refractivity contribution in [3.05, 3.63) is 71.0 Å². The minimum Gasteiger partial charge on any atom is -0.228 e. The van der Waals surface area contributed by atoms with Crippen molar-refractivity contribution in [3.63, 3.8) is 0 Å². The summed E-state index contributed by atoms with van der Waals surface area (Å²) in [6, 6.07) is 9.50. The Morgan fingerprint density at radius 2 is 1.59 bits per heavy atom. The van der Waals surface area contributed by atoms with Gasteiger partial charge in [0, 0.05) is 5.56 Å². The molecule has 0 saturated heterocycles. The van der Waals surface area contributed by atoms with Crippen LogP contribution < -0.4 is 0 Å². The molecule has 0 spiro atoms. The molecule has 0 aliphatic heterocycles. The van der Waals surface area contributed by atoms with Gasteiger partial charge < -0.3 is 0 Å². The van der Waals surface area contributed by atoms with Gasteiger partial charge in [0.25, 0.3) is 0 Å². The fourth-order valence-corrected chi connectivity index (χ4v) is 3.49. The van der Waals surface area contributed by atoms with Crippen LogP contribution in [0.2, 0.25) is 0 Å². The van der Waals surface area contributed by atoms with Crippen molar-refractivity contribution in [2.45, 2.75) is 17.7 Å². The molecule has 2 aromatic carbocycles. The Hall–Kier alpha value is -1.89. The van der Waals surface area contributed by atoms with Crippen molar-refractivity contribution < 1.29 is 26.0 Å². The van der Waals surface area contributed by atoms with E-state index >= 15 is 0 Å². The quantitative estimate of drug-likeness (QED) is 0.794. The van der Waals surface area contributed by atoms with E-state index in [0.29, 0.717) is 0 Å². The van der Waals surface area contributed by atoms with Crippen LogP contribution in [0.5, 0.6) is 0 Å². The molecule has 0 fully saturated rings. The minimum atomic E-state index is -4.54. The van der Waals surface area contributed by atoms with E-state index in [4.69, 9.17) is 0 Å². The summed E-state index contributed by atoms with van der Waals surface area (Å²) >= 11 is 0. The molecule has 0 saturated carbocycles. The molecule has 0 bridgehead atoms. The lowest BCUT2D eigenvalue weighted by Gasteiger charge is -2.09. The average Bonchev–Trinajstić information content (AvgIpc) is 2.40. The van der Waals surface area contributed by atoms with Crippen molar-refractivity contribution in [1.29, 1.82) is 0 Å². The number of halogens is 4. The van der Waals surface area contributed by atoms with Crippen LogP contribution in [-0.2, 0) is 27.5 Å². The second-order valence-corrected chi connectivity index (χ2v) is 6.89. The number of hydrogen-bond donors (Lipinski definition) is 0. The summed E-state index contributed by atoms with van der Waals surface area (Å²) in [6.45, 7) is 0. The number of sulfone groups is 1. The normalized spacial score (nSPS) is 12.4. The molecular weight excluding hydrogens is 320 g/mol. The molecule has 0 amide bonds. The highest BCUT2D eigenvalue weighted by Gasteiger charge is 2.30. The predicted octanol–water partition coefficient (Wildman–Crippen LogP) is 3.96. The molecular formula is C15H12F4O2S. The maximum atomic E-state index is 13.5. The van der Waals surface area contributed by atoms with Gasteiger partial charge in [0.05, 0.1) is 17.1 Å². The molecule has 0 heterocycles. The Bertz CT molecular complexity index is 767. The fourth-order valence-electron chi connectivity index (χ4n) is 1.99. The van der Waals surface area contributed by atoms with Crippen LogP contribution in [0.3, 0.4) is 0 Å². The van der Waals surface area contributed by atoms with Crippen molar-refractivity contribution in [3.8, 4) is 0 Å². The van der Waals surface area contributed by atoms with Crippen molar-refractivity contribution in [2.75, 3.05) is 0 Å². The zero-order valence-corrected chi connectivity index (χ0v) is 12.1. The zero-order chi connectivity index (χ0) is 16.4. The molecule has 0 radical (unpaired) electrons. The smallest absolute Gasteiger partial charge is 0.228 e. The number of rotatable bonds is 4. The van der Waals surface area contributed by atoms with Gasteiger partial charge in [-0.05, 0) is 17.7 Å². The van der Waals surface area contributed by atoms with E-state index in [1.807, 2.05) is 0 Å². The Kier molecular flexibility index (Phi) is 4.55. The summed E-state index contributed by atoms with van der Waals surface area (Å²) in [5.74, 6) is -1.80. The third kappa shape index (κ3) is 4.30. The number of hydrogen-bond acceptors (Lipinski definition) is 2. The molecule has 2 nitrogen and oxygen atoms in total. The van der Waals surface area contributed by atoms with Gasteiger partial charge in [-0.1, -0.05) is 36.4 Å². The second-order valence-electron chi connectivity index (χ2n) is 4.82. The summed E-state index contributed by atoms with van der Waals surface area (Å²) in [4.78, 5) is 0. The van der Waals surface area contributed by atoms with Gasteiger partial charge in [0.1, 0.15) is 5.82 Å². The highest BCUT2D eigenvalue weighted by Crippen LogP contribution is 2.30. The van der Waals surface area contributed by atoms with Gasteiger partial charge >= 0.3 is 6.18 Å². The number of benzene rings is 2. The van der Waals surface area contributed by atoms with Gasteiger partial charge in [-0.2, -0.15) is 13.2 Å². The van der Waals surface area contributed by atoms with E-state index in [-0.39, 0.29) is 11.1 Å². The van der Waals surface area contributed by atoms with Crippen molar-refractivity contribution in [1.82, 2.24) is 0 Å². The van der Waals surface area contributed by atoms with Crippen LogP contribution in [0.4, 0.5) is 17.6 Å². The van der Waals surface area contributed by atoms with E-state index < -0.39 is 38.9 Å². The Labute approximate surface area is 125 Å². The van der Waals surface area contributed by atoms with Gasteiger partial charge in [-0.15, -0.1) is 0 Å². The maximum Gasteiger partial charge on any atom is 0.416 e. The number of alkyl halides is 3. The molecule has 0 atom stereocenters. The lowest BCUT2D eigenvalue weighted by molar-refractivity contribution is -0.137. The monoisotopic (exact) mass is 332 g/mol. The van der Waals surface area contributed by atoms with Crippen molar-refractivity contribution >= 4 is 9.84 Å². The third-order valence-corrected chi connectivity index (χ3v) is 4.50. The van der Waals surface area contributed by atoms with Gasteiger partial charge in [-0.3, -0.25) is 0 Å². The highest BCUT2D eigenvalue weighted by molar-refractivity contribution is 7.89. The van der Waals surface area contributed by atoms with Crippen LogP contribution in [0.1, 0.15) is 16.7 Å². The second kappa shape index (κ2) is 6.08. The third-order valence-electron chi connectivity index (χ3n) is 2.97. The first-order valence-electron chi connectivity index (χ1n) is 6.27. The molecule has 22 heavy (non-hydrogen) atoms. The maximum absolute atomic E-state index is 13.5. The molecule has 2 aromatic rings. The molecule has 0 N–H and O–H groups in total. The van der Waals surface area contributed by atoms with E-state index in [1.165, 1.54) is 24.3 Å². The summed E-state index contributed by atoms with van der Waals surface area (Å²) in [7, 11) is -3.78. The first kappa shape index (κ1) is 16.5. The summed E-state index contributed by atoms with van der Waals surface area (Å²) in [5, 5.41) is 0. The van der Waals surface area contributed by atoms with E-state index in [0.717, 1.165) is 24.3 Å². The fraction of sp³-hybridized carbons (Fsp3) is 0.200. The molecule has 0 aliphatic carbocycles. The van der Waals surface area contributed by atoms with Crippen LogP contribution in [0.25, 0.3) is 0 Å². The van der Waals surface area contributed by atoms with Crippen molar-refractivity contribution in [2.24, 2.45) is 0 Å². The first-order valence-corrected chi connectivity index (χ1v) is 8.09. The van der Waals surface area contributed by atoms with E-state index in [9.17, 15) is 26.0 Å². The molecule has 2 rings (SSSR count). The Balaban J connectivity index is 2.21. The molecule has 0 unspecified atom stereocenters. The predicted molar refractivity (Wildman–Crippen MR) is 74.2 cm³/mol. The van der Waals surface area contributed by atoms with Crippen LogP contribution in [-0.4, -0.2) is 8.42 Å². The largest absolute Gasteiger partial charge is 0.416 e. The molecule has 118 valence electrons. The Morgan fingerprint density at radius 3 is 2.23 bits per heavy atom. The van der Waals surface area contributed by atoms with Gasteiger partial charge in [0.2, 0.25) is 0 Å². The zero-order valence-electron chi connectivity index (χ0n) is 11.3. The first-order chi connectivity index (χ1) is 10.2. The van der Waals surface area contributed by atoms with Gasteiger partial charge in [-0.25, -0.2) is 12.8 Å². The lowest BCUT2D eigenvalue weighted by atomic mass is 10.1. The van der Waals surface area contributed by atoms with Crippen LogP contribution in [0.15, 0.2) is 48.5 Å². The van der Waals surface area contributed by atoms with Gasteiger partial charge in [0.15, 0.2) is 9.84 Å². The lowest BCUT2D eigenvalue weighted by Crippen LogP contribution is -2.10. The topological polar surface area (TPSA) is 34.1 Å². The Morgan fingerprint density at radius 1 is 0.909 bits per heavy atom. The summed E-state index contributed by atoms with van der Waals surface area (Å²) in [6.07, 6.45) is -4.54. The molecule has 0 aliphatic rings. The van der Waals surface area contributed by atoms with E-state index in [2.05, 4.69) is 0 Å². The van der Waals surface area contributed by atoms with Crippen LogP contribution in [0, 0.1) is 5.82 Å². The molecule has 0 aromatic heterocycles. The van der Waals surface area contributed by atoms with E-state index in [1.54, 1.807) is 0 Å².